The highest BCUT2D eigenvalue weighted by atomic mass is 16.5. The summed E-state index contributed by atoms with van der Waals surface area (Å²) in [6.07, 6.45) is 6.63. The number of nitrogens with one attached hydrogen (secondary N) is 1. The number of unbranched alkanes of at least 4 members (excludes halogenated alkanes) is 1. The van der Waals surface area contributed by atoms with Crippen LogP contribution in [0.4, 0.5) is 0 Å². The Morgan fingerprint density at radius 2 is 1.72 bits per heavy atom. The molecule has 0 unspecified atom stereocenters. The van der Waals surface area contributed by atoms with Gasteiger partial charge in [-0.15, -0.1) is 0 Å². The third-order valence-electron chi connectivity index (χ3n) is 4.78. The van der Waals surface area contributed by atoms with Gasteiger partial charge >= 0.3 is 0 Å². The molecule has 0 aliphatic carbocycles. The highest BCUT2D eigenvalue weighted by molar-refractivity contribution is 5.86. The zero-order chi connectivity index (χ0) is 20.5. The summed E-state index contributed by atoms with van der Waals surface area (Å²) in [6, 6.07) is 15.7. The van der Waals surface area contributed by atoms with Gasteiger partial charge in [0.2, 0.25) is 5.91 Å². The summed E-state index contributed by atoms with van der Waals surface area (Å²) in [5, 5.41) is 2.97. The van der Waals surface area contributed by atoms with Crippen LogP contribution in [-0.2, 0) is 11.2 Å². The number of rotatable bonds is 9. The molecule has 0 fully saturated rings. The minimum absolute atomic E-state index is 0.0636. The number of ether oxygens (including phenoxy) is 1. The number of aromatic nitrogens is 2. The van der Waals surface area contributed by atoms with Gasteiger partial charge in [-0.25, -0.2) is 0 Å². The Morgan fingerprint density at radius 3 is 2.34 bits per heavy atom. The van der Waals surface area contributed by atoms with Gasteiger partial charge in [0.25, 0.3) is 0 Å². The van der Waals surface area contributed by atoms with Crippen LogP contribution in [0.2, 0.25) is 0 Å². The van der Waals surface area contributed by atoms with Crippen LogP contribution in [0, 0.1) is 0 Å². The van der Waals surface area contributed by atoms with E-state index in [4.69, 9.17) is 4.74 Å². The Kier molecular flexibility index (Phi) is 7.34. The fourth-order valence-electron chi connectivity index (χ4n) is 3.30. The van der Waals surface area contributed by atoms with Crippen molar-refractivity contribution in [3.8, 4) is 28.3 Å². The molecule has 0 spiro atoms. The third-order valence-corrected chi connectivity index (χ3v) is 4.78. The van der Waals surface area contributed by atoms with E-state index in [1.165, 1.54) is 0 Å². The van der Waals surface area contributed by atoms with Crippen molar-refractivity contribution in [2.75, 3.05) is 13.7 Å². The molecule has 2 heterocycles. The van der Waals surface area contributed by atoms with Crippen molar-refractivity contribution in [2.45, 2.75) is 32.6 Å². The van der Waals surface area contributed by atoms with Crippen molar-refractivity contribution in [1.29, 1.82) is 0 Å². The first-order valence-corrected chi connectivity index (χ1v) is 10.0. The van der Waals surface area contributed by atoms with Crippen molar-refractivity contribution in [3.05, 3.63) is 66.5 Å². The molecule has 29 heavy (non-hydrogen) atoms. The molecule has 3 aromatic rings. The van der Waals surface area contributed by atoms with E-state index in [0.717, 1.165) is 53.2 Å². The number of hydrogen-bond acceptors (Lipinski definition) is 4. The second-order valence-corrected chi connectivity index (χ2v) is 6.81. The average molecular weight is 389 g/mol. The molecule has 5 heteroatoms. The topological polar surface area (TPSA) is 64.1 Å². The summed E-state index contributed by atoms with van der Waals surface area (Å²) in [5.74, 6) is 0.807. The number of carbonyl (C=O) groups excluding carboxylic acids is 1. The maximum atomic E-state index is 12.2. The predicted molar refractivity (Wildman–Crippen MR) is 116 cm³/mol. The van der Waals surface area contributed by atoms with E-state index in [-0.39, 0.29) is 5.91 Å². The summed E-state index contributed by atoms with van der Waals surface area (Å²) < 4.78 is 5.82. The van der Waals surface area contributed by atoms with Crippen molar-refractivity contribution in [2.24, 2.45) is 0 Å². The van der Waals surface area contributed by atoms with Crippen molar-refractivity contribution < 1.29 is 9.53 Å². The summed E-state index contributed by atoms with van der Waals surface area (Å²) in [5.41, 5.74) is 4.51. The molecule has 150 valence electrons. The minimum atomic E-state index is 0.0636. The highest BCUT2D eigenvalue weighted by Crippen LogP contribution is 2.40. The number of amides is 1. The summed E-state index contributed by atoms with van der Waals surface area (Å²) in [4.78, 5) is 21.2. The molecule has 0 atom stereocenters. The number of nitrogens with zero attached hydrogens (tertiary/aromatic N) is 2. The molecule has 0 saturated carbocycles. The first-order valence-electron chi connectivity index (χ1n) is 10.0. The Hall–Kier alpha value is -3.21. The van der Waals surface area contributed by atoms with Crippen LogP contribution >= 0.6 is 0 Å². The van der Waals surface area contributed by atoms with Crippen LogP contribution < -0.4 is 10.1 Å². The first kappa shape index (κ1) is 20.5. The minimum Gasteiger partial charge on any atom is -0.496 e. The van der Waals surface area contributed by atoms with Gasteiger partial charge in [-0.2, -0.15) is 0 Å². The number of carbonyl (C=O) groups is 1. The van der Waals surface area contributed by atoms with Gasteiger partial charge in [0.15, 0.2) is 0 Å². The van der Waals surface area contributed by atoms with Crippen LogP contribution in [0.1, 0.15) is 31.7 Å². The molecular weight excluding hydrogens is 362 g/mol. The number of benzene rings is 1. The monoisotopic (exact) mass is 389 g/mol. The summed E-state index contributed by atoms with van der Waals surface area (Å²) in [7, 11) is 1.66. The molecule has 1 N–H and O–H groups in total. The lowest BCUT2D eigenvalue weighted by Gasteiger charge is -2.17. The summed E-state index contributed by atoms with van der Waals surface area (Å²) in [6.45, 7) is 2.84. The lowest BCUT2D eigenvalue weighted by Crippen LogP contribution is -2.24. The first-order chi connectivity index (χ1) is 14.2. The highest BCUT2D eigenvalue weighted by Gasteiger charge is 2.19. The molecule has 2 aromatic heterocycles. The quantitative estimate of drug-likeness (QED) is 0.540. The number of pyridine rings is 2. The number of methoxy groups -OCH3 is 1. The fraction of sp³-hybridized carbons (Fsp3) is 0.292. The molecule has 3 rings (SSSR count). The lowest BCUT2D eigenvalue weighted by molar-refractivity contribution is -0.121. The van der Waals surface area contributed by atoms with Crippen LogP contribution in [0.3, 0.4) is 0 Å². The van der Waals surface area contributed by atoms with E-state index in [2.05, 4.69) is 22.2 Å². The van der Waals surface area contributed by atoms with Crippen LogP contribution in [0.25, 0.3) is 22.5 Å². The van der Waals surface area contributed by atoms with Gasteiger partial charge in [0, 0.05) is 30.9 Å². The van der Waals surface area contributed by atoms with Crippen molar-refractivity contribution in [1.82, 2.24) is 15.3 Å². The van der Waals surface area contributed by atoms with Gasteiger partial charge in [-0.05, 0) is 42.7 Å². The van der Waals surface area contributed by atoms with Crippen LogP contribution in [-0.4, -0.2) is 29.5 Å². The van der Waals surface area contributed by atoms with Crippen LogP contribution in [0.15, 0.2) is 60.9 Å². The maximum Gasteiger partial charge on any atom is 0.220 e. The molecule has 1 amide bonds. The van der Waals surface area contributed by atoms with Gasteiger partial charge in [-0.1, -0.05) is 37.6 Å². The second-order valence-electron chi connectivity index (χ2n) is 6.81. The Bertz CT molecular complexity index is 928. The molecular formula is C24H27N3O2. The smallest absolute Gasteiger partial charge is 0.220 e. The Balaban J connectivity index is 1.96. The maximum absolute atomic E-state index is 12.2. The van der Waals surface area contributed by atoms with Gasteiger partial charge in [0.1, 0.15) is 5.75 Å². The Morgan fingerprint density at radius 1 is 1.00 bits per heavy atom. The van der Waals surface area contributed by atoms with Gasteiger partial charge in [-0.3, -0.25) is 14.8 Å². The standard InChI is InChI=1S/C24H27N3O2/c1-3-4-15-27-22(28)14-12-18-11-13-19(20-9-5-7-16-25-20)23(24(18)29-2)21-10-6-8-17-26-21/h5-11,13,16-17H,3-4,12,14-15H2,1-2H3,(H,27,28). The predicted octanol–water partition coefficient (Wildman–Crippen LogP) is 4.67. The van der Waals surface area contributed by atoms with Gasteiger partial charge < -0.3 is 10.1 Å². The molecule has 0 aliphatic heterocycles. The lowest BCUT2D eigenvalue weighted by atomic mass is 9.94. The molecule has 0 aliphatic rings. The molecule has 1 aromatic carbocycles. The molecule has 0 bridgehead atoms. The normalized spacial score (nSPS) is 10.6. The van der Waals surface area contributed by atoms with E-state index in [0.29, 0.717) is 12.8 Å². The van der Waals surface area contributed by atoms with E-state index >= 15 is 0 Å². The molecule has 0 saturated heterocycles. The van der Waals surface area contributed by atoms with Crippen molar-refractivity contribution in [3.63, 3.8) is 0 Å². The third kappa shape index (κ3) is 5.19. The molecule has 0 radical (unpaired) electrons. The second kappa shape index (κ2) is 10.4. The zero-order valence-corrected chi connectivity index (χ0v) is 17.0. The van der Waals surface area contributed by atoms with Crippen LogP contribution in [0.5, 0.6) is 5.75 Å². The zero-order valence-electron chi connectivity index (χ0n) is 17.0. The average Bonchev–Trinajstić information content (AvgIpc) is 2.78. The SMILES string of the molecule is CCCCNC(=O)CCc1ccc(-c2ccccn2)c(-c2ccccn2)c1OC. The number of hydrogen-bond donors (Lipinski definition) is 1. The van der Waals surface area contributed by atoms with Crippen molar-refractivity contribution >= 4 is 5.91 Å². The number of aryl methyl sites for hydroxylation is 1. The van der Waals surface area contributed by atoms with Gasteiger partial charge in [0.05, 0.1) is 24.1 Å². The summed E-state index contributed by atoms with van der Waals surface area (Å²) >= 11 is 0. The van der Waals surface area contributed by atoms with E-state index < -0.39 is 0 Å². The van der Waals surface area contributed by atoms with E-state index in [1.807, 2.05) is 48.5 Å². The molecule has 5 nitrogen and oxygen atoms in total. The Labute approximate surface area is 172 Å². The largest absolute Gasteiger partial charge is 0.496 e. The van der Waals surface area contributed by atoms with E-state index in [1.54, 1.807) is 19.5 Å². The fourth-order valence-corrected chi connectivity index (χ4v) is 3.30. The van der Waals surface area contributed by atoms with E-state index in [9.17, 15) is 4.79 Å².